The number of rotatable bonds is 3. The van der Waals surface area contributed by atoms with Crippen molar-refractivity contribution < 1.29 is 13.9 Å². The summed E-state index contributed by atoms with van der Waals surface area (Å²) >= 11 is 2.45. The van der Waals surface area contributed by atoms with Crippen molar-refractivity contribution in [2.45, 2.75) is 11.4 Å². The second kappa shape index (κ2) is 7.84. The third kappa shape index (κ3) is 3.58. The average molecular weight is 429 g/mol. The van der Waals surface area contributed by atoms with Gasteiger partial charge in [0.2, 0.25) is 0 Å². The van der Waals surface area contributed by atoms with Crippen LogP contribution in [-0.2, 0) is 16.1 Å². The first-order chi connectivity index (χ1) is 14.0. The maximum Gasteiger partial charge on any atom is 0.325 e. The Morgan fingerprint density at radius 1 is 1.28 bits per heavy atom. The number of anilines is 1. The summed E-state index contributed by atoms with van der Waals surface area (Å²) in [7, 11) is 3.07. The van der Waals surface area contributed by atoms with Gasteiger partial charge < -0.3 is 9.64 Å². The molecule has 29 heavy (non-hydrogen) atoms. The van der Waals surface area contributed by atoms with Crippen LogP contribution in [0, 0.1) is 5.82 Å². The minimum absolute atomic E-state index is 0.215. The molecule has 1 aliphatic heterocycles. The largest absolute Gasteiger partial charge is 0.468 e. The van der Waals surface area contributed by atoms with Crippen molar-refractivity contribution in [1.82, 2.24) is 9.55 Å². The lowest BCUT2D eigenvalue weighted by atomic mass is 10.3. The van der Waals surface area contributed by atoms with E-state index in [-0.39, 0.29) is 17.9 Å². The standard InChI is InChI=1S/C20H16FN3O3S2/c1-23-14-8-5-7-13(21)17(14)29-20(23)18-19(26)24(11-16(25)27-2)15(28-18)10-12-6-3-4-9-22-12/h3-10H,11H2,1-2H3/b15-10-,20-18+. The van der Waals surface area contributed by atoms with E-state index in [1.54, 1.807) is 48.5 Å². The molecule has 0 spiro atoms. The number of thiazole rings is 1. The van der Waals surface area contributed by atoms with E-state index in [1.165, 1.54) is 40.8 Å². The molecule has 1 aliphatic rings. The lowest BCUT2D eigenvalue weighted by Crippen LogP contribution is -2.36. The number of pyridine rings is 1. The zero-order valence-corrected chi connectivity index (χ0v) is 17.2. The first-order valence-electron chi connectivity index (χ1n) is 8.63. The summed E-state index contributed by atoms with van der Waals surface area (Å²) in [5, 5.41) is 0.624. The van der Waals surface area contributed by atoms with Crippen LogP contribution >= 0.6 is 23.1 Å². The second-order valence-corrected chi connectivity index (χ2v) is 8.22. The smallest absolute Gasteiger partial charge is 0.325 e. The Kier molecular flexibility index (Phi) is 5.25. The quantitative estimate of drug-likeness (QED) is 0.591. The highest BCUT2D eigenvalue weighted by atomic mass is 32.2. The fourth-order valence-electron chi connectivity index (χ4n) is 2.94. The minimum atomic E-state index is -0.529. The fraction of sp³-hybridized carbons (Fsp3) is 0.150. The maximum absolute atomic E-state index is 14.2. The van der Waals surface area contributed by atoms with Crippen LogP contribution in [0.25, 0.3) is 11.1 Å². The van der Waals surface area contributed by atoms with Gasteiger partial charge in [-0.1, -0.05) is 23.9 Å². The van der Waals surface area contributed by atoms with Crippen molar-refractivity contribution in [3.63, 3.8) is 0 Å². The van der Waals surface area contributed by atoms with Gasteiger partial charge in [-0.3, -0.25) is 19.1 Å². The third-order valence-corrected chi connectivity index (χ3v) is 6.92. The fourth-order valence-corrected chi connectivity index (χ4v) is 5.34. The zero-order valence-electron chi connectivity index (χ0n) is 15.6. The van der Waals surface area contributed by atoms with Gasteiger partial charge in [-0.25, -0.2) is 4.39 Å². The molecule has 3 aromatic rings. The topological polar surface area (TPSA) is 64.4 Å². The van der Waals surface area contributed by atoms with Gasteiger partial charge in [-0.05, 0) is 30.3 Å². The number of fused-ring (bicyclic) bond motifs is 1. The van der Waals surface area contributed by atoms with Gasteiger partial charge in [0.25, 0.3) is 5.56 Å². The van der Waals surface area contributed by atoms with Gasteiger partial charge in [-0.2, -0.15) is 0 Å². The SMILES string of the molecule is COC(=O)Cn1c(=O)/c(=C2\Sc3c(F)cccc3N2C)s/c1=C\c1ccccn1. The number of nitrogens with zero attached hydrogens (tertiary/aromatic N) is 3. The van der Waals surface area contributed by atoms with Gasteiger partial charge in [0.15, 0.2) is 0 Å². The van der Waals surface area contributed by atoms with Crippen LogP contribution < -0.4 is 19.7 Å². The van der Waals surface area contributed by atoms with E-state index in [0.29, 0.717) is 30.5 Å². The number of halogens is 1. The van der Waals surface area contributed by atoms with Crippen LogP contribution in [0.15, 0.2) is 52.3 Å². The normalized spacial score (nSPS) is 15.6. The zero-order chi connectivity index (χ0) is 20.5. The van der Waals surface area contributed by atoms with Gasteiger partial charge in [0.05, 0.1) is 23.4 Å². The number of ether oxygens (including phenoxy) is 1. The molecule has 0 unspecified atom stereocenters. The van der Waals surface area contributed by atoms with Crippen molar-refractivity contribution in [2.24, 2.45) is 0 Å². The summed E-state index contributed by atoms with van der Waals surface area (Å²) in [4.78, 5) is 31.6. The molecule has 0 radical (unpaired) electrons. The highest BCUT2D eigenvalue weighted by Gasteiger charge is 2.27. The number of carbonyl (C=O) groups excluding carboxylic acids is 1. The number of hydrogen-bond acceptors (Lipinski definition) is 7. The maximum atomic E-state index is 14.2. The molecule has 0 saturated carbocycles. The summed E-state index contributed by atoms with van der Waals surface area (Å²) in [5.74, 6) is -0.861. The lowest BCUT2D eigenvalue weighted by Gasteiger charge is -2.11. The summed E-state index contributed by atoms with van der Waals surface area (Å²) in [5.41, 5.74) is 1.03. The molecule has 148 valence electrons. The van der Waals surface area contributed by atoms with E-state index >= 15 is 0 Å². The third-order valence-electron chi connectivity index (χ3n) is 4.39. The average Bonchev–Trinajstić information content (AvgIpc) is 3.21. The number of benzene rings is 1. The molecular weight excluding hydrogens is 413 g/mol. The summed E-state index contributed by atoms with van der Waals surface area (Å²) in [6.07, 6.45) is 3.39. The molecule has 0 atom stereocenters. The Hall–Kier alpha value is -2.91. The van der Waals surface area contributed by atoms with E-state index in [2.05, 4.69) is 4.98 Å². The Balaban J connectivity index is 1.95. The molecule has 3 heterocycles. The first-order valence-corrected chi connectivity index (χ1v) is 10.3. The highest BCUT2D eigenvalue weighted by Crippen LogP contribution is 2.46. The van der Waals surface area contributed by atoms with Crippen molar-refractivity contribution >= 4 is 45.9 Å². The van der Waals surface area contributed by atoms with E-state index in [9.17, 15) is 14.0 Å². The van der Waals surface area contributed by atoms with Crippen LogP contribution in [0.1, 0.15) is 5.69 Å². The molecule has 0 fully saturated rings. The number of thioether (sulfide) groups is 1. The Bertz CT molecular complexity index is 1270. The minimum Gasteiger partial charge on any atom is -0.468 e. The van der Waals surface area contributed by atoms with Crippen molar-refractivity contribution in [3.8, 4) is 0 Å². The predicted molar refractivity (Wildman–Crippen MR) is 112 cm³/mol. The van der Waals surface area contributed by atoms with Gasteiger partial charge >= 0.3 is 5.97 Å². The molecule has 6 nitrogen and oxygen atoms in total. The van der Waals surface area contributed by atoms with Crippen LogP contribution in [-0.4, -0.2) is 29.7 Å². The van der Waals surface area contributed by atoms with Gasteiger partial charge in [-0.15, -0.1) is 11.3 Å². The predicted octanol–water partition coefficient (Wildman–Crippen LogP) is 1.75. The van der Waals surface area contributed by atoms with Crippen LogP contribution in [0.3, 0.4) is 0 Å². The molecule has 0 aliphatic carbocycles. The van der Waals surface area contributed by atoms with Crippen LogP contribution in [0.5, 0.6) is 0 Å². The van der Waals surface area contributed by atoms with Crippen molar-refractivity contribution in [3.05, 3.63) is 73.7 Å². The van der Waals surface area contributed by atoms with E-state index in [4.69, 9.17) is 4.74 Å². The molecular formula is C20H16FN3O3S2. The summed E-state index contributed by atoms with van der Waals surface area (Å²) < 4.78 is 21.3. The van der Waals surface area contributed by atoms with E-state index in [0.717, 1.165) is 0 Å². The number of carbonyl (C=O) groups is 1. The Morgan fingerprint density at radius 2 is 2.10 bits per heavy atom. The van der Waals surface area contributed by atoms with Gasteiger partial charge in [0, 0.05) is 13.2 Å². The monoisotopic (exact) mass is 429 g/mol. The van der Waals surface area contributed by atoms with Crippen molar-refractivity contribution in [2.75, 3.05) is 19.1 Å². The van der Waals surface area contributed by atoms with E-state index in [1.807, 2.05) is 6.07 Å². The first kappa shape index (κ1) is 19.4. The molecule has 0 saturated heterocycles. The second-order valence-electron chi connectivity index (χ2n) is 6.19. The molecule has 1 aromatic carbocycles. The lowest BCUT2D eigenvalue weighted by molar-refractivity contribution is -0.141. The summed E-state index contributed by atoms with van der Waals surface area (Å²) in [6.45, 7) is -0.215. The Labute approximate surface area is 173 Å². The van der Waals surface area contributed by atoms with Crippen molar-refractivity contribution in [1.29, 1.82) is 0 Å². The molecule has 9 heteroatoms. The molecule has 0 N–H and O–H groups in total. The van der Waals surface area contributed by atoms with Crippen LogP contribution in [0.2, 0.25) is 0 Å². The molecule has 2 aromatic heterocycles. The number of aromatic nitrogens is 2. The number of hydrogen-bond donors (Lipinski definition) is 0. The molecule has 0 amide bonds. The molecule has 4 rings (SSSR count). The van der Waals surface area contributed by atoms with Gasteiger partial charge in [0.1, 0.15) is 26.6 Å². The van der Waals surface area contributed by atoms with E-state index < -0.39 is 5.97 Å². The molecule has 0 bridgehead atoms. The number of methoxy groups -OCH3 is 1. The van der Waals surface area contributed by atoms with Crippen LogP contribution in [0.4, 0.5) is 10.1 Å². The number of esters is 1. The highest BCUT2D eigenvalue weighted by molar-refractivity contribution is 8.08. The Morgan fingerprint density at radius 3 is 2.79 bits per heavy atom. The summed E-state index contributed by atoms with van der Waals surface area (Å²) in [6, 6.07) is 10.3.